The molecule has 2 amide bonds. The van der Waals surface area contributed by atoms with Crippen LogP contribution in [0.15, 0.2) is 60.7 Å². The van der Waals surface area contributed by atoms with Gasteiger partial charge in [0.25, 0.3) is 5.91 Å². The minimum atomic E-state index is -0.696. The van der Waals surface area contributed by atoms with Crippen LogP contribution in [0.2, 0.25) is 0 Å². The number of ether oxygens (including phenoxy) is 1. The van der Waals surface area contributed by atoms with E-state index >= 15 is 0 Å². The summed E-state index contributed by atoms with van der Waals surface area (Å²) in [5.74, 6) is 0.0749. The average Bonchev–Trinajstić information content (AvgIpc) is 3.19. The molecule has 0 bridgehead atoms. The summed E-state index contributed by atoms with van der Waals surface area (Å²) in [5, 5.41) is 10.1. The Morgan fingerprint density at radius 3 is 2.26 bits per heavy atom. The van der Waals surface area contributed by atoms with Gasteiger partial charge in [-0.15, -0.1) is 0 Å². The molecule has 0 saturated carbocycles. The van der Waals surface area contributed by atoms with Crippen molar-refractivity contribution in [3.63, 3.8) is 0 Å². The van der Waals surface area contributed by atoms with E-state index in [1.807, 2.05) is 75.4 Å². The van der Waals surface area contributed by atoms with Crippen molar-refractivity contribution in [2.75, 3.05) is 7.11 Å². The fourth-order valence-corrected chi connectivity index (χ4v) is 3.04. The Hall–Kier alpha value is -3.61. The number of rotatable bonds is 6. The molecule has 3 rings (SSSR count). The Labute approximate surface area is 182 Å². The van der Waals surface area contributed by atoms with Crippen LogP contribution in [0.25, 0.3) is 16.9 Å². The van der Waals surface area contributed by atoms with Crippen LogP contribution in [0.5, 0.6) is 5.75 Å². The topological polar surface area (TPSA) is 85.2 Å². The molecule has 0 saturated heterocycles. The van der Waals surface area contributed by atoms with E-state index in [1.165, 1.54) is 0 Å². The van der Waals surface area contributed by atoms with Crippen LogP contribution in [-0.2, 0) is 4.79 Å². The fraction of sp³-hybridized carbons (Fsp3) is 0.292. The number of carbonyl (C=O) groups excluding carboxylic acids is 2. The van der Waals surface area contributed by atoms with Gasteiger partial charge in [-0.05, 0) is 70.2 Å². The zero-order chi connectivity index (χ0) is 22.6. The average molecular weight is 421 g/mol. The third-order valence-electron chi connectivity index (χ3n) is 4.57. The maximum atomic E-state index is 12.9. The van der Waals surface area contributed by atoms with Crippen molar-refractivity contribution in [1.82, 2.24) is 20.4 Å². The zero-order valence-corrected chi connectivity index (χ0v) is 18.5. The lowest BCUT2D eigenvalue weighted by Crippen LogP contribution is -2.50. The molecule has 1 atom stereocenters. The Balaban J connectivity index is 1.91. The van der Waals surface area contributed by atoms with Gasteiger partial charge in [0.05, 0.1) is 18.5 Å². The lowest BCUT2D eigenvalue weighted by molar-refractivity contribution is -0.124. The quantitative estimate of drug-likeness (QED) is 0.638. The van der Waals surface area contributed by atoms with Crippen LogP contribution < -0.4 is 15.4 Å². The number of methoxy groups -OCH3 is 1. The van der Waals surface area contributed by atoms with E-state index in [1.54, 1.807) is 24.8 Å². The molecule has 0 radical (unpaired) electrons. The van der Waals surface area contributed by atoms with E-state index in [4.69, 9.17) is 4.74 Å². The van der Waals surface area contributed by atoms with Gasteiger partial charge in [-0.1, -0.05) is 18.2 Å². The van der Waals surface area contributed by atoms with E-state index in [9.17, 15) is 9.59 Å². The van der Waals surface area contributed by atoms with Crippen molar-refractivity contribution in [2.24, 2.45) is 0 Å². The summed E-state index contributed by atoms with van der Waals surface area (Å²) < 4.78 is 6.96. The van der Waals surface area contributed by atoms with Gasteiger partial charge in [0.1, 0.15) is 11.8 Å². The molecule has 162 valence electrons. The van der Waals surface area contributed by atoms with Crippen molar-refractivity contribution in [1.29, 1.82) is 0 Å². The summed E-state index contributed by atoms with van der Waals surface area (Å²) in [5.41, 5.74) is 2.31. The molecular weight excluding hydrogens is 392 g/mol. The zero-order valence-electron chi connectivity index (χ0n) is 18.5. The molecule has 1 unspecified atom stereocenters. The third kappa shape index (κ3) is 5.51. The predicted molar refractivity (Wildman–Crippen MR) is 120 cm³/mol. The van der Waals surface area contributed by atoms with Gasteiger partial charge in [0.15, 0.2) is 5.69 Å². The first-order chi connectivity index (χ1) is 14.7. The Morgan fingerprint density at radius 1 is 1.03 bits per heavy atom. The first kappa shape index (κ1) is 22.1. The van der Waals surface area contributed by atoms with Crippen molar-refractivity contribution in [3.05, 3.63) is 66.4 Å². The van der Waals surface area contributed by atoms with Crippen molar-refractivity contribution in [3.8, 4) is 22.7 Å². The second-order valence-corrected chi connectivity index (χ2v) is 8.33. The van der Waals surface area contributed by atoms with E-state index in [-0.39, 0.29) is 17.1 Å². The highest BCUT2D eigenvalue weighted by Gasteiger charge is 2.23. The van der Waals surface area contributed by atoms with E-state index in [2.05, 4.69) is 15.7 Å². The summed E-state index contributed by atoms with van der Waals surface area (Å²) in [4.78, 5) is 25.2. The maximum absolute atomic E-state index is 12.9. The number of aromatic nitrogens is 2. The Bertz CT molecular complexity index is 1050. The van der Waals surface area contributed by atoms with Crippen LogP contribution in [0.3, 0.4) is 0 Å². The molecular formula is C24H28N4O3. The minimum absolute atomic E-state index is 0.227. The molecule has 0 aliphatic heterocycles. The van der Waals surface area contributed by atoms with Gasteiger partial charge < -0.3 is 15.4 Å². The van der Waals surface area contributed by atoms with Crippen LogP contribution in [-0.4, -0.2) is 40.3 Å². The van der Waals surface area contributed by atoms with Gasteiger partial charge in [-0.3, -0.25) is 9.59 Å². The molecule has 31 heavy (non-hydrogen) atoms. The van der Waals surface area contributed by atoms with Gasteiger partial charge in [0.2, 0.25) is 5.91 Å². The van der Waals surface area contributed by atoms with Crippen molar-refractivity contribution in [2.45, 2.75) is 39.3 Å². The summed E-state index contributed by atoms with van der Waals surface area (Å²) in [7, 11) is 1.61. The number of amides is 2. The molecule has 1 heterocycles. The standard InChI is InChI=1S/C24H28N4O3/c1-16(22(29)26-24(2,3)4)25-23(30)20-15-21(17-11-13-19(31-5)14-12-17)28(27-20)18-9-7-6-8-10-18/h6-16H,1-5H3,(H,25,30)(H,26,29). The van der Waals surface area contributed by atoms with Crippen molar-refractivity contribution < 1.29 is 14.3 Å². The molecule has 0 aliphatic carbocycles. The van der Waals surface area contributed by atoms with Crippen molar-refractivity contribution >= 4 is 11.8 Å². The largest absolute Gasteiger partial charge is 0.497 e. The summed E-state index contributed by atoms with van der Waals surface area (Å²) >= 11 is 0. The van der Waals surface area contributed by atoms with E-state index in [0.29, 0.717) is 0 Å². The Kier molecular flexibility index (Phi) is 6.44. The molecule has 0 aliphatic rings. The molecule has 0 fully saturated rings. The van der Waals surface area contributed by atoms with Gasteiger partial charge in [-0.2, -0.15) is 5.10 Å². The smallest absolute Gasteiger partial charge is 0.272 e. The monoisotopic (exact) mass is 420 g/mol. The first-order valence-corrected chi connectivity index (χ1v) is 10.1. The predicted octanol–water partition coefficient (Wildman–Crippen LogP) is 3.58. The number of hydrogen-bond donors (Lipinski definition) is 2. The summed E-state index contributed by atoms with van der Waals surface area (Å²) in [6.07, 6.45) is 0. The molecule has 7 nitrogen and oxygen atoms in total. The van der Waals surface area contributed by atoms with Gasteiger partial charge in [0, 0.05) is 11.1 Å². The fourth-order valence-electron chi connectivity index (χ4n) is 3.04. The van der Waals surface area contributed by atoms with Crippen LogP contribution in [0.4, 0.5) is 0 Å². The number of benzene rings is 2. The highest BCUT2D eigenvalue weighted by molar-refractivity contribution is 5.97. The van der Waals surface area contributed by atoms with Gasteiger partial charge in [-0.25, -0.2) is 4.68 Å². The van der Waals surface area contributed by atoms with E-state index in [0.717, 1.165) is 22.7 Å². The molecule has 2 aromatic carbocycles. The number of para-hydroxylation sites is 1. The van der Waals surface area contributed by atoms with E-state index < -0.39 is 11.9 Å². The molecule has 0 spiro atoms. The van der Waals surface area contributed by atoms with Gasteiger partial charge >= 0.3 is 0 Å². The number of carbonyl (C=O) groups is 2. The highest BCUT2D eigenvalue weighted by Crippen LogP contribution is 2.26. The number of nitrogens with one attached hydrogen (secondary N) is 2. The normalized spacial score (nSPS) is 12.2. The SMILES string of the molecule is COc1ccc(-c2cc(C(=O)NC(C)C(=O)NC(C)(C)C)nn2-c2ccccc2)cc1. The summed E-state index contributed by atoms with van der Waals surface area (Å²) in [6, 6.07) is 18.1. The molecule has 7 heteroatoms. The molecule has 3 aromatic rings. The van der Waals surface area contributed by atoms with Crippen LogP contribution >= 0.6 is 0 Å². The lowest BCUT2D eigenvalue weighted by atomic mass is 10.1. The maximum Gasteiger partial charge on any atom is 0.272 e. The first-order valence-electron chi connectivity index (χ1n) is 10.1. The third-order valence-corrected chi connectivity index (χ3v) is 4.57. The number of hydrogen-bond acceptors (Lipinski definition) is 4. The van der Waals surface area contributed by atoms with Crippen LogP contribution in [0, 0.1) is 0 Å². The second kappa shape index (κ2) is 9.04. The minimum Gasteiger partial charge on any atom is -0.497 e. The number of nitrogens with zero attached hydrogens (tertiary/aromatic N) is 2. The lowest BCUT2D eigenvalue weighted by Gasteiger charge is -2.23. The Morgan fingerprint density at radius 2 is 1.68 bits per heavy atom. The highest BCUT2D eigenvalue weighted by atomic mass is 16.5. The second-order valence-electron chi connectivity index (χ2n) is 8.33. The molecule has 2 N–H and O–H groups in total. The molecule has 1 aromatic heterocycles. The van der Waals surface area contributed by atoms with Crippen LogP contribution in [0.1, 0.15) is 38.2 Å². The summed E-state index contributed by atoms with van der Waals surface area (Å²) in [6.45, 7) is 7.32.